The van der Waals surface area contributed by atoms with Gasteiger partial charge in [0, 0.05) is 29.9 Å². The SMILES string of the molecule is C=C/C(=C\C=C(/C)OC)NCc1nc(-c2cc3c(N[C@@H]4CCN(C)C[C@@H]4F)cccc3n2CC(F)(F)F)no1. The molecule has 0 radical (unpaired) electrons. The molecule has 0 unspecified atom stereocenters. The van der Waals surface area contributed by atoms with Gasteiger partial charge in [0.25, 0.3) is 0 Å². The number of aromatic nitrogens is 3. The Balaban J connectivity index is 1.64. The predicted molar refractivity (Wildman–Crippen MR) is 142 cm³/mol. The molecule has 0 spiro atoms. The monoisotopic (exact) mass is 548 g/mol. The molecular weight excluding hydrogens is 516 g/mol. The maximum atomic E-state index is 14.7. The van der Waals surface area contributed by atoms with Gasteiger partial charge in [0.1, 0.15) is 12.7 Å². The van der Waals surface area contributed by atoms with Gasteiger partial charge in [0.2, 0.25) is 11.7 Å². The molecule has 3 heterocycles. The van der Waals surface area contributed by atoms with Crippen molar-refractivity contribution in [2.45, 2.75) is 44.8 Å². The van der Waals surface area contributed by atoms with Crippen LogP contribution in [0.5, 0.6) is 0 Å². The first-order chi connectivity index (χ1) is 18.6. The van der Waals surface area contributed by atoms with Crippen LogP contribution in [0, 0.1) is 0 Å². The van der Waals surface area contributed by atoms with Crippen LogP contribution < -0.4 is 10.6 Å². The largest absolute Gasteiger partial charge is 0.501 e. The van der Waals surface area contributed by atoms with Crippen LogP contribution in [0.2, 0.25) is 0 Å². The van der Waals surface area contributed by atoms with Gasteiger partial charge < -0.3 is 29.4 Å². The third kappa shape index (κ3) is 6.99. The molecule has 1 aliphatic rings. The average molecular weight is 549 g/mol. The fourth-order valence-corrected chi connectivity index (χ4v) is 4.45. The topological polar surface area (TPSA) is 80.4 Å². The molecule has 1 aliphatic heterocycles. The molecule has 1 saturated heterocycles. The van der Waals surface area contributed by atoms with E-state index in [-0.39, 0.29) is 24.0 Å². The number of alkyl halides is 4. The maximum absolute atomic E-state index is 14.7. The Morgan fingerprint density at radius 2 is 2.10 bits per heavy atom. The summed E-state index contributed by atoms with van der Waals surface area (Å²) in [6.07, 6.45) is 0.0815. The van der Waals surface area contributed by atoms with Crippen molar-refractivity contribution in [3.05, 3.63) is 66.4 Å². The molecule has 0 amide bonds. The number of fused-ring (bicyclic) bond motifs is 1. The Morgan fingerprint density at radius 3 is 2.79 bits per heavy atom. The fraction of sp³-hybridized carbons (Fsp3) is 0.407. The van der Waals surface area contributed by atoms with Crippen LogP contribution in [0.15, 0.2) is 65.1 Å². The number of halogens is 4. The summed E-state index contributed by atoms with van der Waals surface area (Å²) >= 11 is 0. The lowest BCUT2D eigenvalue weighted by atomic mass is 10.0. The summed E-state index contributed by atoms with van der Waals surface area (Å²) in [4.78, 5) is 6.25. The van der Waals surface area contributed by atoms with Gasteiger partial charge in [-0.15, -0.1) is 0 Å². The minimum Gasteiger partial charge on any atom is -0.501 e. The van der Waals surface area contributed by atoms with Gasteiger partial charge in [-0.05, 0) is 56.8 Å². The van der Waals surface area contributed by atoms with Gasteiger partial charge in [-0.1, -0.05) is 17.8 Å². The van der Waals surface area contributed by atoms with Crippen molar-refractivity contribution in [3.63, 3.8) is 0 Å². The first-order valence-electron chi connectivity index (χ1n) is 12.5. The van der Waals surface area contributed by atoms with Gasteiger partial charge in [-0.2, -0.15) is 18.2 Å². The number of rotatable bonds is 10. The van der Waals surface area contributed by atoms with Crippen molar-refractivity contribution in [1.82, 2.24) is 24.9 Å². The average Bonchev–Trinajstić information content (AvgIpc) is 3.50. The number of hydrogen-bond acceptors (Lipinski definition) is 7. The lowest BCUT2D eigenvalue weighted by Crippen LogP contribution is -2.46. The zero-order chi connectivity index (χ0) is 28.2. The Morgan fingerprint density at radius 1 is 1.31 bits per heavy atom. The number of allylic oxidation sites excluding steroid dienone is 4. The smallest absolute Gasteiger partial charge is 0.406 e. The van der Waals surface area contributed by atoms with Crippen LogP contribution in [0.4, 0.5) is 23.2 Å². The zero-order valence-corrected chi connectivity index (χ0v) is 22.1. The van der Waals surface area contributed by atoms with Crippen LogP contribution in [0.3, 0.4) is 0 Å². The number of likely N-dealkylation sites (tertiary alicyclic amines) is 1. The summed E-state index contributed by atoms with van der Waals surface area (Å²) < 4.78 is 67.1. The number of nitrogens with one attached hydrogen (secondary N) is 2. The Labute approximate surface area is 224 Å². The van der Waals surface area contributed by atoms with Crippen LogP contribution >= 0.6 is 0 Å². The highest BCUT2D eigenvalue weighted by Gasteiger charge is 2.32. The number of anilines is 1. The number of ether oxygens (including phenoxy) is 1. The third-order valence-electron chi connectivity index (χ3n) is 6.55. The Hall–Kier alpha value is -3.80. The highest BCUT2D eigenvalue weighted by molar-refractivity contribution is 5.96. The number of nitrogens with zero attached hydrogens (tertiary/aromatic N) is 4. The van der Waals surface area contributed by atoms with Gasteiger partial charge >= 0.3 is 6.18 Å². The van der Waals surface area contributed by atoms with Gasteiger partial charge in [-0.3, -0.25) is 0 Å². The summed E-state index contributed by atoms with van der Waals surface area (Å²) in [5.41, 5.74) is 1.69. The van der Waals surface area contributed by atoms with Crippen LogP contribution in [-0.2, 0) is 17.8 Å². The lowest BCUT2D eigenvalue weighted by Gasteiger charge is -2.33. The third-order valence-corrected chi connectivity index (χ3v) is 6.55. The molecule has 0 bridgehead atoms. The second-order valence-electron chi connectivity index (χ2n) is 9.46. The summed E-state index contributed by atoms with van der Waals surface area (Å²) in [5.74, 6) is 0.888. The zero-order valence-electron chi connectivity index (χ0n) is 22.1. The van der Waals surface area contributed by atoms with E-state index in [9.17, 15) is 17.6 Å². The van der Waals surface area contributed by atoms with E-state index in [2.05, 4.69) is 27.4 Å². The minimum atomic E-state index is -4.49. The van der Waals surface area contributed by atoms with Crippen LogP contribution in [0.1, 0.15) is 19.2 Å². The van der Waals surface area contributed by atoms with Crippen molar-refractivity contribution >= 4 is 16.6 Å². The highest BCUT2D eigenvalue weighted by Crippen LogP contribution is 2.35. The Bertz CT molecular complexity index is 1360. The summed E-state index contributed by atoms with van der Waals surface area (Å²) in [7, 11) is 3.42. The molecule has 0 aliphatic carbocycles. The predicted octanol–water partition coefficient (Wildman–Crippen LogP) is 5.42. The van der Waals surface area contributed by atoms with Crippen molar-refractivity contribution in [3.8, 4) is 11.5 Å². The Kier molecular flexibility index (Phi) is 8.63. The molecule has 4 rings (SSSR count). The summed E-state index contributed by atoms with van der Waals surface area (Å²) in [6.45, 7) is 5.44. The van der Waals surface area contributed by atoms with Crippen molar-refractivity contribution in [2.75, 3.05) is 32.6 Å². The molecule has 0 saturated carbocycles. The number of methoxy groups -OCH3 is 1. The number of benzene rings is 1. The molecule has 2 N–H and O–H groups in total. The van der Waals surface area contributed by atoms with E-state index < -0.39 is 24.9 Å². The molecular formula is C27H32F4N6O2. The van der Waals surface area contributed by atoms with Gasteiger partial charge in [0.05, 0.1) is 36.7 Å². The molecule has 1 fully saturated rings. The van der Waals surface area contributed by atoms with E-state index in [1.54, 1.807) is 56.5 Å². The van der Waals surface area contributed by atoms with Gasteiger partial charge in [0.15, 0.2) is 0 Å². The quantitative estimate of drug-likeness (QED) is 0.199. The lowest BCUT2D eigenvalue weighted by molar-refractivity contribution is -0.139. The highest BCUT2D eigenvalue weighted by atomic mass is 19.4. The molecule has 3 aromatic rings. The van der Waals surface area contributed by atoms with Gasteiger partial charge in [-0.25, -0.2) is 4.39 Å². The van der Waals surface area contributed by atoms with E-state index >= 15 is 0 Å². The first-order valence-corrected chi connectivity index (χ1v) is 12.5. The van der Waals surface area contributed by atoms with E-state index in [0.29, 0.717) is 41.0 Å². The van der Waals surface area contributed by atoms with Crippen molar-refractivity contribution in [1.29, 1.82) is 0 Å². The van der Waals surface area contributed by atoms with E-state index in [1.165, 1.54) is 0 Å². The molecule has 2 atom stereocenters. The van der Waals surface area contributed by atoms with Crippen molar-refractivity contribution < 1.29 is 26.8 Å². The van der Waals surface area contributed by atoms with Crippen LogP contribution in [-0.4, -0.2) is 65.2 Å². The fourth-order valence-electron chi connectivity index (χ4n) is 4.45. The second-order valence-corrected chi connectivity index (χ2v) is 9.46. The second kappa shape index (κ2) is 11.9. The number of hydrogen-bond donors (Lipinski definition) is 2. The summed E-state index contributed by atoms with van der Waals surface area (Å²) in [5, 5.41) is 10.8. The molecule has 210 valence electrons. The standard InChI is InChI=1S/C27H32F4N6O2/c1-5-18(10-9-17(2)38-4)32-14-25-34-26(35-39-25)24-13-19-21(33-22-11-12-36(3)15-20(22)28)7-6-8-23(19)37(24)16-27(29,30)31/h5-10,13,20,22,32-33H,1,11-12,14-16H2,2-4H3/b17-9+,18-10+/t20-,22+/m0/s1. The number of piperidine rings is 1. The summed E-state index contributed by atoms with van der Waals surface area (Å²) in [6, 6.07) is 6.12. The van der Waals surface area contributed by atoms with Crippen LogP contribution in [0.25, 0.3) is 22.4 Å². The molecule has 12 heteroatoms. The van der Waals surface area contributed by atoms with E-state index in [1.807, 2.05) is 11.9 Å². The normalized spacial score (nSPS) is 19.4. The van der Waals surface area contributed by atoms with E-state index in [4.69, 9.17) is 9.26 Å². The molecule has 8 nitrogen and oxygen atoms in total. The maximum Gasteiger partial charge on any atom is 0.406 e. The van der Waals surface area contributed by atoms with E-state index in [0.717, 1.165) is 11.1 Å². The minimum absolute atomic E-state index is 0.0140. The first kappa shape index (κ1) is 28.2. The van der Waals surface area contributed by atoms with Crippen molar-refractivity contribution in [2.24, 2.45) is 0 Å². The molecule has 39 heavy (non-hydrogen) atoms. The molecule has 2 aromatic heterocycles. The molecule has 1 aromatic carbocycles.